The summed E-state index contributed by atoms with van der Waals surface area (Å²) >= 11 is 0. The van der Waals surface area contributed by atoms with E-state index in [-0.39, 0.29) is 18.1 Å². The van der Waals surface area contributed by atoms with E-state index in [0.717, 1.165) is 19.7 Å². The van der Waals surface area contributed by atoms with Crippen LogP contribution in [-0.2, 0) is 9.53 Å². The second-order valence-electron chi connectivity index (χ2n) is 4.33. The van der Waals surface area contributed by atoms with Crippen molar-refractivity contribution in [2.24, 2.45) is 10.8 Å². The third-order valence-electron chi connectivity index (χ3n) is 2.98. The molecule has 0 aromatic carbocycles. The van der Waals surface area contributed by atoms with Crippen molar-refractivity contribution in [3.63, 3.8) is 0 Å². The molecule has 2 aliphatic rings. The number of amides is 1. The van der Waals surface area contributed by atoms with Crippen LogP contribution in [0.4, 0.5) is 0 Å². The summed E-state index contributed by atoms with van der Waals surface area (Å²) < 4.78 is 5.63. The number of carbonyl (C=O) groups excluding carboxylic acids is 1. The van der Waals surface area contributed by atoms with Gasteiger partial charge in [0.15, 0.2) is 0 Å². The highest BCUT2D eigenvalue weighted by Gasteiger charge is 2.29. The van der Waals surface area contributed by atoms with Crippen LogP contribution < -0.4 is 5.73 Å². The van der Waals surface area contributed by atoms with E-state index in [0.29, 0.717) is 13.0 Å². The number of morpholine rings is 1. The van der Waals surface area contributed by atoms with Crippen molar-refractivity contribution in [1.29, 1.82) is 0 Å². The molecular formula is C10H18N4O2. The van der Waals surface area contributed by atoms with Gasteiger partial charge >= 0.3 is 0 Å². The lowest BCUT2D eigenvalue weighted by Crippen LogP contribution is -2.48. The zero-order valence-corrected chi connectivity index (χ0v) is 9.50. The van der Waals surface area contributed by atoms with Crippen LogP contribution in [0.15, 0.2) is 5.10 Å². The van der Waals surface area contributed by atoms with Gasteiger partial charge in [0, 0.05) is 25.7 Å². The number of likely N-dealkylation sites (N-methyl/N-ethyl adjacent to an activating group) is 1. The number of carbonyl (C=O) groups is 1. The number of hydrogen-bond donors (Lipinski definition) is 1. The summed E-state index contributed by atoms with van der Waals surface area (Å²) in [6, 6.07) is -0.296. The SMILES string of the molecule is CN1CCO[C@H](CN2N=CCC2C(N)=O)C1. The van der Waals surface area contributed by atoms with Gasteiger partial charge in [0.05, 0.1) is 19.3 Å². The Hall–Kier alpha value is -1.14. The lowest BCUT2D eigenvalue weighted by Gasteiger charge is -2.33. The molecule has 0 saturated carbocycles. The van der Waals surface area contributed by atoms with Crippen LogP contribution in [0.25, 0.3) is 0 Å². The molecule has 6 nitrogen and oxygen atoms in total. The number of hydrogen-bond acceptors (Lipinski definition) is 5. The second-order valence-corrected chi connectivity index (χ2v) is 4.33. The van der Waals surface area contributed by atoms with E-state index < -0.39 is 0 Å². The molecule has 1 amide bonds. The van der Waals surface area contributed by atoms with Crippen LogP contribution in [0.1, 0.15) is 6.42 Å². The first kappa shape index (κ1) is 11.3. The number of nitrogens with two attached hydrogens (primary N) is 1. The largest absolute Gasteiger partial charge is 0.374 e. The Morgan fingerprint density at radius 3 is 3.19 bits per heavy atom. The van der Waals surface area contributed by atoms with Gasteiger partial charge in [-0.1, -0.05) is 0 Å². The van der Waals surface area contributed by atoms with Crippen LogP contribution in [0.3, 0.4) is 0 Å². The van der Waals surface area contributed by atoms with E-state index in [1.54, 1.807) is 11.2 Å². The highest BCUT2D eigenvalue weighted by molar-refractivity contribution is 5.84. The van der Waals surface area contributed by atoms with Gasteiger partial charge < -0.3 is 15.4 Å². The summed E-state index contributed by atoms with van der Waals surface area (Å²) in [5.41, 5.74) is 5.31. The average molecular weight is 226 g/mol. The van der Waals surface area contributed by atoms with E-state index >= 15 is 0 Å². The smallest absolute Gasteiger partial charge is 0.242 e. The molecular weight excluding hydrogens is 208 g/mol. The molecule has 16 heavy (non-hydrogen) atoms. The van der Waals surface area contributed by atoms with Crippen LogP contribution in [-0.4, -0.2) is 67.5 Å². The fourth-order valence-corrected chi connectivity index (χ4v) is 2.08. The molecule has 2 N–H and O–H groups in total. The maximum atomic E-state index is 11.2. The molecule has 0 radical (unpaired) electrons. The summed E-state index contributed by atoms with van der Waals surface area (Å²) in [5, 5.41) is 5.91. The van der Waals surface area contributed by atoms with Crippen molar-refractivity contribution in [3.8, 4) is 0 Å². The van der Waals surface area contributed by atoms with Gasteiger partial charge in [-0.15, -0.1) is 0 Å². The van der Waals surface area contributed by atoms with Crippen molar-refractivity contribution < 1.29 is 9.53 Å². The Balaban J connectivity index is 1.88. The molecule has 2 heterocycles. The van der Waals surface area contributed by atoms with Gasteiger partial charge in [-0.3, -0.25) is 9.80 Å². The van der Waals surface area contributed by atoms with Crippen molar-refractivity contribution in [2.45, 2.75) is 18.6 Å². The number of hydrazone groups is 1. The fourth-order valence-electron chi connectivity index (χ4n) is 2.08. The molecule has 1 fully saturated rings. The number of primary amides is 1. The molecule has 2 atom stereocenters. The number of ether oxygens (including phenoxy) is 1. The molecule has 0 aliphatic carbocycles. The quantitative estimate of drug-likeness (QED) is 0.660. The number of rotatable bonds is 3. The molecule has 2 rings (SSSR count). The predicted octanol–water partition coefficient (Wildman–Crippen LogP) is -1.14. The monoisotopic (exact) mass is 226 g/mol. The minimum atomic E-state index is -0.318. The van der Waals surface area contributed by atoms with Crippen molar-refractivity contribution in [1.82, 2.24) is 9.91 Å². The molecule has 0 aromatic rings. The zero-order chi connectivity index (χ0) is 11.5. The van der Waals surface area contributed by atoms with Crippen molar-refractivity contribution in [3.05, 3.63) is 0 Å². The predicted molar refractivity (Wildman–Crippen MR) is 60.0 cm³/mol. The first-order valence-corrected chi connectivity index (χ1v) is 5.55. The van der Waals surface area contributed by atoms with Gasteiger partial charge in [-0.2, -0.15) is 5.10 Å². The second kappa shape index (κ2) is 4.80. The van der Waals surface area contributed by atoms with E-state index in [9.17, 15) is 4.79 Å². The minimum Gasteiger partial charge on any atom is -0.374 e. The molecule has 90 valence electrons. The highest BCUT2D eigenvalue weighted by Crippen LogP contribution is 2.13. The molecule has 0 aromatic heterocycles. The Morgan fingerprint density at radius 1 is 1.69 bits per heavy atom. The first-order chi connectivity index (χ1) is 7.66. The van der Waals surface area contributed by atoms with E-state index in [4.69, 9.17) is 10.5 Å². The summed E-state index contributed by atoms with van der Waals surface area (Å²) in [4.78, 5) is 13.4. The summed E-state index contributed by atoms with van der Waals surface area (Å²) in [6.07, 6.45) is 2.45. The third kappa shape index (κ3) is 2.51. The molecule has 1 unspecified atom stereocenters. The van der Waals surface area contributed by atoms with Gasteiger partial charge in [0.1, 0.15) is 6.04 Å². The van der Waals surface area contributed by atoms with Crippen molar-refractivity contribution >= 4 is 12.1 Å². The summed E-state index contributed by atoms with van der Waals surface area (Å²) in [7, 11) is 2.06. The Labute approximate surface area is 95.0 Å². The normalized spacial score (nSPS) is 30.9. The lowest BCUT2D eigenvalue weighted by atomic mass is 10.2. The summed E-state index contributed by atoms with van der Waals surface area (Å²) in [5.74, 6) is -0.318. The zero-order valence-electron chi connectivity index (χ0n) is 9.50. The maximum absolute atomic E-state index is 11.2. The Morgan fingerprint density at radius 2 is 2.50 bits per heavy atom. The highest BCUT2D eigenvalue weighted by atomic mass is 16.5. The van der Waals surface area contributed by atoms with Gasteiger partial charge in [-0.25, -0.2) is 0 Å². The maximum Gasteiger partial charge on any atom is 0.242 e. The molecule has 6 heteroatoms. The van der Waals surface area contributed by atoms with Gasteiger partial charge in [0.25, 0.3) is 0 Å². The van der Waals surface area contributed by atoms with E-state index in [2.05, 4.69) is 17.0 Å². The molecule has 0 spiro atoms. The van der Waals surface area contributed by atoms with E-state index in [1.807, 2.05) is 0 Å². The van der Waals surface area contributed by atoms with Crippen LogP contribution in [0.2, 0.25) is 0 Å². The van der Waals surface area contributed by atoms with Crippen LogP contribution in [0, 0.1) is 0 Å². The lowest BCUT2D eigenvalue weighted by molar-refractivity contribution is -0.123. The van der Waals surface area contributed by atoms with E-state index in [1.165, 1.54) is 0 Å². The minimum absolute atomic E-state index is 0.107. The first-order valence-electron chi connectivity index (χ1n) is 5.55. The standard InChI is InChI=1S/C10H18N4O2/c1-13-4-5-16-8(6-13)7-14-9(10(11)15)2-3-12-14/h3,8-9H,2,4-7H2,1H3,(H2,11,15)/t8-,9?/m0/s1. The molecule has 1 saturated heterocycles. The Kier molecular flexibility index (Phi) is 3.40. The van der Waals surface area contributed by atoms with Crippen LogP contribution >= 0.6 is 0 Å². The fraction of sp³-hybridized carbons (Fsp3) is 0.800. The Bertz CT molecular complexity index is 295. The molecule has 2 aliphatic heterocycles. The topological polar surface area (TPSA) is 71.2 Å². The average Bonchev–Trinajstić information content (AvgIpc) is 2.66. The third-order valence-corrected chi connectivity index (χ3v) is 2.98. The van der Waals surface area contributed by atoms with Gasteiger partial charge in [-0.05, 0) is 7.05 Å². The van der Waals surface area contributed by atoms with Crippen LogP contribution in [0.5, 0.6) is 0 Å². The van der Waals surface area contributed by atoms with Crippen molar-refractivity contribution in [2.75, 3.05) is 33.3 Å². The molecule has 0 bridgehead atoms. The van der Waals surface area contributed by atoms with Gasteiger partial charge in [0.2, 0.25) is 5.91 Å². The summed E-state index contributed by atoms with van der Waals surface area (Å²) in [6.45, 7) is 3.20. The number of nitrogens with zero attached hydrogens (tertiary/aromatic N) is 3.